The number of para-hydroxylation sites is 2. The van der Waals surface area contributed by atoms with E-state index in [1.807, 2.05) is 11.3 Å². The summed E-state index contributed by atoms with van der Waals surface area (Å²) >= 11 is 1.84. The Morgan fingerprint density at radius 3 is 1.64 bits per heavy atom. The zero-order chi connectivity index (χ0) is 37.0. The molecule has 2 heterocycles. The van der Waals surface area contributed by atoms with Gasteiger partial charge in [0, 0.05) is 59.4 Å². The van der Waals surface area contributed by atoms with Crippen molar-refractivity contribution in [2.75, 3.05) is 9.80 Å². The lowest BCUT2D eigenvalue weighted by Gasteiger charge is -2.29. The van der Waals surface area contributed by atoms with E-state index in [1.54, 1.807) is 0 Å². The molecule has 264 valence electrons. The number of anilines is 6. The minimum absolute atomic E-state index is 0.835. The Bertz CT molecular complexity index is 3190. The molecule has 0 amide bonds. The van der Waals surface area contributed by atoms with Gasteiger partial charge in [-0.05, 0) is 107 Å². The predicted molar refractivity (Wildman–Crippen MR) is 239 cm³/mol. The highest BCUT2D eigenvalue weighted by Crippen LogP contribution is 2.48. The molecule has 11 aromatic rings. The van der Waals surface area contributed by atoms with Crippen molar-refractivity contribution in [2.24, 2.45) is 0 Å². The summed E-state index contributed by atoms with van der Waals surface area (Å²) in [6, 6.07) is 73.9. The van der Waals surface area contributed by atoms with Gasteiger partial charge in [-0.25, -0.2) is 0 Å². The summed E-state index contributed by atoms with van der Waals surface area (Å²) in [4.78, 5) is 4.72. The fraction of sp³-hybridized carbons (Fsp3) is 0. The molecular formula is C52H34N2OS. The van der Waals surface area contributed by atoms with Gasteiger partial charge >= 0.3 is 0 Å². The topological polar surface area (TPSA) is 19.6 Å². The Balaban J connectivity index is 1.20. The van der Waals surface area contributed by atoms with Gasteiger partial charge < -0.3 is 14.2 Å². The third-order valence-corrected chi connectivity index (χ3v) is 11.9. The molecule has 11 rings (SSSR count). The van der Waals surface area contributed by atoms with Crippen LogP contribution in [-0.4, -0.2) is 0 Å². The molecule has 0 saturated heterocycles. The first-order valence-electron chi connectivity index (χ1n) is 18.9. The van der Waals surface area contributed by atoms with Crippen LogP contribution >= 0.6 is 11.3 Å². The maximum atomic E-state index is 6.99. The average molecular weight is 735 g/mol. The highest BCUT2D eigenvalue weighted by molar-refractivity contribution is 7.25. The third-order valence-electron chi connectivity index (χ3n) is 10.8. The summed E-state index contributed by atoms with van der Waals surface area (Å²) in [5.74, 6) is 0. The van der Waals surface area contributed by atoms with Crippen LogP contribution in [0, 0.1) is 0 Å². The van der Waals surface area contributed by atoms with E-state index in [9.17, 15) is 0 Å². The highest BCUT2D eigenvalue weighted by atomic mass is 32.1. The van der Waals surface area contributed by atoms with E-state index < -0.39 is 0 Å². The van der Waals surface area contributed by atoms with Gasteiger partial charge in [-0.2, -0.15) is 0 Å². The number of benzene rings is 9. The van der Waals surface area contributed by atoms with Crippen molar-refractivity contribution >= 4 is 98.3 Å². The van der Waals surface area contributed by atoms with Gasteiger partial charge in [0.05, 0.1) is 5.69 Å². The molecule has 0 N–H and O–H groups in total. The van der Waals surface area contributed by atoms with Crippen molar-refractivity contribution in [1.29, 1.82) is 0 Å². The Morgan fingerprint density at radius 1 is 0.339 bits per heavy atom. The molecule has 0 bridgehead atoms. The second kappa shape index (κ2) is 13.3. The van der Waals surface area contributed by atoms with Gasteiger partial charge in [0.15, 0.2) is 5.58 Å². The van der Waals surface area contributed by atoms with Crippen molar-refractivity contribution in [3.05, 3.63) is 206 Å². The first-order chi connectivity index (χ1) is 27.7. The monoisotopic (exact) mass is 734 g/mol. The van der Waals surface area contributed by atoms with Crippen molar-refractivity contribution in [1.82, 2.24) is 0 Å². The molecule has 0 unspecified atom stereocenters. The van der Waals surface area contributed by atoms with Crippen LogP contribution in [0.25, 0.3) is 64.0 Å². The third kappa shape index (κ3) is 5.50. The van der Waals surface area contributed by atoms with Crippen LogP contribution < -0.4 is 9.80 Å². The number of rotatable bonds is 7. The number of furan rings is 1. The number of thiophene rings is 1. The molecule has 4 heteroatoms. The molecule has 0 fully saturated rings. The van der Waals surface area contributed by atoms with E-state index in [4.69, 9.17) is 4.42 Å². The fourth-order valence-corrected chi connectivity index (χ4v) is 9.23. The van der Waals surface area contributed by atoms with Gasteiger partial charge in [-0.1, -0.05) is 121 Å². The second-order valence-corrected chi connectivity index (χ2v) is 15.3. The van der Waals surface area contributed by atoms with Crippen LogP contribution in [0.1, 0.15) is 0 Å². The lowest BCUT2D eigenvalue weighted by atomic mass is 10.0. The Morgan fingerprint density at radius 2 is 0.893 bits per heavy atom. The van der Waals surface area contributed by atoms with Crippen LogP contribution in [0.2, 0.25) is 0 Å². The number of hydrogen-bond acceptors (Lipinski definition) is 4. The number of fused-ring (bicyclic) bond motifs is 7. The van der Waals surface area contributed by atoms with Crippen molar-refractivity contribution in [3.8, 4) is 11.1 Å². The van der Waals surface area contributed by atoms with E-state index in [0.29, 0.717) is 0 Å². The lowest BCUT2D eigenvalue weighted by molar-refractivity contribution is 0.669. The first kappa shape index (κ1) is 32.3. The van der Waals surface area contributed by atoms with Gasteiger partial charge in [-0.3, -0.25) is 0 Å². The minimum Gasteiger partial charge on any atom is -0.454 e. The van der Waals surface area contributed by atoms with Crippen molar-refractivity contribution in [3.63, 3.8) is 0 Å². The Hall–Kier alpha value is -7.14. The van der Waals surface area contributed by atoms with Crippen molar-refractivity contribution < 1.29 is 4.42 Å². The molecule has 0 aliphatic heterocycles. The molecule has 3 nitrogen and oxygen atoms in total. The Kier molecular flexibility index (Phi) is 7.68. The van der Waals surface area contributed by atoms with Crippen LogP contribution in [0.5, 0.6) is 0 Å². The lowest BCUT2D eigenvalue weighted by Crippen LogP contribution is -2.13. The minimum atomic E-state index is 0.835. The summed E-state index contributed by atoms with van der Waals surface area (Å²) in [6.07, 6.45) is 0. The van der Waals surface area contributed by atoms with E-state index in [2.05, 4.69) is 216 Å². The van der Waals surface area contributed by atoms with Crippen LogP contribution in [-0.2, 0) is 0 Å². The van der Waals surface area contributed by atoms with Crippen LogP contribution in [0.15, 0.2) is 211 Å². The summed E-state index contributed by atoms with van der Waals surface area (Å²) in [7, 11) is 0. The summed E-state index contributed by atoms with van der Waals surface area (Å²) in [5.41, 5.74) is 10.3. The van der Waals surface area contributed by atoms with Gasteiger partial charge in [0.1, 0.15) is 5.58 Å². The number of nitrogens with zero attached hydrogens (tertiary/aromatic N) is 2. The largest absolute Gasteiger partial charge is 0.454 e. The molecule has 9 aromatic carbocycles. The molecule has 0 aliphatic carbocycles. The first-order valence-corrected chi connectivity index (χ1v) is 19.7. The Labute approximate surface area is 328 Å². The molecular weight excluding hydrogens is 701 g/mol. The van der Waals surface area contributed by atoms with Crippen molar-refractivity contribution in [2.45, 2.75) is 0 Å². The molecule has 0 saturated carbocycles. The zero-order valence-corrected chi connectivity index (χ0v) is 31.2. The quantitative estimate of drug-likeness (QED) is 0.163. The van der Waals surface area contributed by atoms with E-state index in [1.165, 1.54) is 36.7 Å². The second-order valence-electron chi connectivity index (χ2n) is 14.2. The van der Waals surface area contributed by atoms with Gasteiger partial charge in [0.25, 0.3) is 0 Å². The van der Waals surface area contributed by atoms with Gasteiger partial charge in [-0.15, -0.1) is 11.3 Å². The fourth-order valence-electron chi connectivity index (χ4n) is 8.14. The molecule has 56 heavy (non-hydrogen) atoms. The smallest absolute Gasteiger partial charge is 0.159 e. The van der Waals surface area contributed by atoms with E-state index in [0.717, 1.165) is 61.4 Å². The van der Waals surface area contributed by atoms with Crippen LogP contribution in [0.4, 0.5) is 34.1 Å². The maximum Gasteiger partial charge on any atom is 0.159 e. The molecule has 0 aliphatic rings. The molecule has 0 radical (unpaired) electrons. The summed E-state index contributed by atoms with van der Waals surface area (Å²) in [5, 5.41) is 7.01. The van der Waals surface area contributed by atoms with Gasteiger partial charge in [0.2, 0.25) is 0 Å². The maximum absolute atomic E-state index is 6.99. The average Bonchev–Trinajstić information content (AvgIpc) is 3.82. The predicted octanol–water partition coefficient (Wildman–Crippen LogP) is 15.7. The molecule has 0 atom stereocenters. The standard InChI is InChI=1S/C52H34N2OS/c1-4-14-35(15-5-1)36-24-26-41(27-25-36)54(40-20-8-3-9-21-40)48-34-43(33-47-45-30-37-16-10-11-17-38(37)31-49(45)55-52(47)48)53(39-18-6-2-7-19-39)42-28-29-51-46(32-42)44-22-12-13-23-50(44)56-51/h1-34H. The van der Waals surface area contributed by atoms with Crippen LogP contribution in [0.3, 0.4) is 0 Å². The normalized spacial score (nSPS) is 11.6. The summed E-state index contributed by atoms with van der Waals surface area (Å²) in [6.45, 7) is 0. The summed E-state index contributed by atoms with van der Waals surface area (Å²) < 4.78 is 9.57. The molecule has 0 spiro atoms. The van der Waals surface area contributed by atoms with E-state index >= 15 is 0 Å². The van der Waals surface area contributed by atoms with E-state index in [-0.39, 0.29) is 0 Å². The molecule has 2 aromatic heterocycles. The zero-order valence-electron chi connectivity index (χ0n) is 30.3. The SMILES string of the molecule is c1ccc(-c2ccc(N(c3ccccc3)c3cc(N(c4ccccc4)c4ccc5sc6ccccc6c5c4)cc4c3oc3cc5ccccc5cc34)cc2)cc1. The number of hydrogen-bond donors (Lipinski definition) is 0. The highest BCUT2D eigenvalue weighted by Gasteiger charge is 2.24.